The molecule has 3 aromatic rings. The third-order valence-corrected chi connectivity index (χ3v) is 7.43. The van der Waals surface area contributed by atoms with Gasteiger partial charge in [-0.2, -0.15) is 13.9 Å². The summed E-state index contributed by atoms with van der Waals surface area (Å²) in [6.07, 6.45) is 4.28. The second-order valence-electron chi connectivity index (χ2n) is 7.42. The van der Waals surface area contributed by atoms with Crippen LogP contribution in [0.3, 0.4) is 0 Å². The van der Waals surface area contributed by atoms with E-state index in [2.05, 4.69) is 15.4 Å². The maximum absolute atomic E-state index is 13.4. The first-order valence-corrected chi connectivity index (χ1v) is 10.9. The number of rotatable bonds is 4. The van der Waals surface area contributed by atoms with Crippen LogP contribution in [0, 0.1) is 20.8 Å². The fourth-order valence-corrected chi connectivity index (χ4v) is 6.19. The molecule has 9 heteroatoms. The number of sulfonamides is 1. The highest BCUT2D eigenvalue weighted by Crippen LogP contribution is 2.31. The van der Waals surface area contributed by atoms with Gasteiger partial charge in [0.1, 0.15) is 11.9 Å². The van der Waals surface area contributed by atoms with Gasteiger partial charge in [0.05, 0.1) is 11.1 Å². The monoisotopic (exact) mass is 413 g/mol. The van der Waals surface area contributed by atoms with E-state index in [1.165, 1.54) is 8.82 Å². The van der Waals surface area contributed by atoms with E-state index in [0.29, 0.717) is 46.9 Å². The summed E-state index contributed by atoms with van der Waals surface area (Å²) in [6, 6.07) is 6.32. The second-order valence-corrected chi connectivity index (χ2v) is 9.25. The molecule has 29 heavy (non-hydrogen) atoms. The molecule has 1 N–H and O–H groups in total. The van der Waals surface area contributed by atoms with Crippen molar-refractivity contribution in [2.24, 2.45) is 0 Å². The molecule has 1 aromatic carbocycles. The molecule has 0 aliphatic carbocycles. The average Bonchev–Trinajstić information content (AvgIpc) is 3.31. The van der Waals surface area contributed by atoms with Crippen LogP contribution in [0.15, 0.2) is 41.6 Å². The topological polar surface area (TPSA) is 96.7 Å². The number of aryl methyl sites for hydroxylation is 3. The molecular formula is C20H23N5O3S. The highest BCUT2D eigenvalue weighted by atomic mass is 32.2. The van der Waals surface area contributed by atoms with E-state index in [1.807, 2.05) is 19.1 Å². The van der Waals surface area contributed by atoms with Crippen molar-refractivity contribution in [1.29, 1.82) is 0 Å². The molecule has 2 aromatic heterocycles. The zero-order chi connectivity index (χ0) is 20.8. The van der Waals surface area contributed by atoms with Crippen LogP contribution in [0.4, 0.5) is 5.82 Å². The SMILES string of the molecule is Cc1cc(C)c(S(=O)(=O)N2CCCC2C(=O)Nc2ccnc3ccnn23)c(C)c1. The molecule has 0 saturated carbocycles. The number of hydrogen-bond donors (Lipinski definition) is 1. The maximum Gasteiger partial charge on any atom is 0.244 e. The van der Waals surface area contributed by atoms with Crippen LogP contribution in [0.5, 0.6) is 0 Å². The molecule has 0 bridgehead atoms. The van der Waals surface area contributed by atoms with E-state index < -0.39 is 16.1 Å². The summed E-state index contributed by atoms with van der Waals surface area (Å²) in [5.41, 5.74) is 3.00. The third-order valence-electron chi connectivity index (χ3n) is 5.22. The maximum atomic E-state index is 13.4. The first kappa shape index (κ1) is 19.5. The van der Waals surface area contributed by atoms with Gasteiger partial charge in [-0.3, -0.25) is 4.79 Å². The number of nitrogens with one attached hydrogen (secondary N) is 1. The Morgan fingerprint density at radius 1 is 1.14 bits per heavy atom. The van der Waals surface area contributed by atoms with E-state index in [1.54, 1.807) is 38.4 Å². The lowest BCUT2D eigenvalue weighted by Gasteiger charge is -2.25. The van der Waals surface area contributed by atoms with Crippen LogP contribution in [0.2, 0.25) is 0 Å². The van der Waals surface area contributed by atoms with Crippen LogP contribution in [-0.4, -0.2) is 45.8 Å². The smallest absolute Gasteiger partial charge is 0.244 e. The number of hydrogen-bond acceptors (Lipinski definition) is 5. The third kappa shape index (κ3) is 3.40. The summed E-state index contributed by atoms with van der Waals surface area (Å²) in [6.45, 7) is 5.85. The molecule has 1 amide bonds. The molecule has 1 atom stereocenters. The van der Waals surface area contributed by atoms with Gasteiger partial charge in [0.2, 0.25) is 15.9 Å². The zero-order valence-electron chi connectivity index (χ0n) is 16.6. The lowest BCUT2D eigenvalue weighted by atomic mass is 10.1. The standard InChI is InChI=1S/C20H23N5O3S/c1-13-11-14(2)19(15(3)12-13)29(27,28)24-10-4-5-16(24)20(26)23-18-6-8-21-17-7-9-22-25(17)18/h6-9,11-12,16H,4-5,10H2,1-3H3,(H,23,26). The Hall–Kier alpha value is -2.78. The van der Waals surface area contributed by atoms with Crippen molar-refractivity contribution in [2.75, 3.05) is 11.9 Å². The number of fused-ring (bicyclic) bond motifs is 1. The lowest BCUT2D eigenvalue weighted by molar-refractivity contribution is -0.119. The van der Waals surface area contributed by atoms with Gasteiger partial charge in [-0.15, -0.1) is 0 Å². The first-order chi connectivity index (χ1) is 13.8. The molecule has 0 spiro atoms. The van der Waals surface area contributed by atoms with Gasteiger partial charge in [-0.05, 0) is 50.8 Å². The van der Waals surface area contributed by atoms with Crippen molar-refractivity contribution in [3.05, 3.63) is 53.3 Å². The summed E-state index contributed by atoms with van der Waals surface area (Å²) < 4.78 is 29.7. The fraction of sp³-hybridized carbons (Fsp3) is 0.350. The minimum absolute atomic E-state index is 0.293. The molecule has 152 valence electrons. The number of anilines is 1. The van der Waals surface area contributed by atoms with Crippen molar-refractivity contribution in [1.82, 2.24) is 18.9 Å². The van der Waals surface area contributed by atoms with Crippen LogP contribution in [0.1, 0.15) is 29.5 Å². The molecular weight excluding hydrogens is 390 g/mol. The highest BCUT2D eigenvalue weighted by Gasteiger charge is 2.40. The average molecular weight is 414 g/mol. The molecule has 1 aliphatic rings. The highest BCUT2D eigenvalue weighted by molar-refractivity contribution is 7.89. The molecule has 1 aliphatic heterocycles. The second kappa shape index (κ2) is 7.23. The minimum Gasteiger partial charge on any atom is -0.309 e. The van der Waals surface area contributed by atoms with Crippen molar-refractivity contribution in [3.63, 3.8) is 0 Å². The normalized spacial score (nSPS) is 17.7. The largest absolute Gasteiger partial charge is 0.309 e. The molecule has 3 heterocycles. The Morgan fingerprint density at radius 2 is 1.86 bits per heavy atom. The zero-order valence-corrected chi connectivity index (χ0v) is 17.4. The lowest BCUT2D eigenvalue weighted by Crippen LogP contribution is -2.43. The van der Waals surface area contributed by atoms with Crippen LogP contribution < -0.4 is 5.32 Å². The van der Waals surface area contributed by atoms with E-state index in [-0.39, 0.29) is 5.91 Å². The van der Waals surface area contributed by atoms with Gasteiger partial charge < -0.3 is 5.32 Å². The van der Waals surface area contributed by atoms with E-state index in [0.717, 1.165) is 5.56 Å². The Morgan fingerprint density at radius 3 is 2.59 bits per heavy atom. The predicted molar refractivity (Wildman–Crippen MR) is 109 cm³/mol. The number of amides is 1. The summed E-state index contributed by atoms with van der Waals surface area (Å²) in [7, 11) is -3.80. The number of aromatic nitrogens is 3. The van der Waals surface area contributed by atoms with Gasteiger partial charge >= 0.3 is 0 Å². The van der Waals surface area contributed by atoms with Gasteiger partial charge in [-0.25, -0.2) is 13.4 Å². The molecule has 0 radical (unpaired) electrons. The van der Waals surface area contributed by atoms with Gasteiger partial charge in [0.15, 0.2) is 5.65 Å². The van der Waals surface area contributed by atoms with Crippen molar-refractivity contribution in [2.45, 2.75) is 44.6 Å². The molecule has 1 saturated heterocycles. The molecule has 8 nitrogen and oxygen atoms in total. The first-order valence-electron chi connectivity index (χ1n) is 9.48. The number of carbonyl (C=O) groups excluding carboxylic acids is 1. The van der Waals surface area contributed by atoms with Gasteiger partial charge in [0, 0.05) is 18.8 Å². The van der Waals surface area contributed by atoms with E-state index >= 15 is 0 Å². The van der Waals surface area contributed by atoms with E-state index in [9.17, 15) is 13.2 Å². The Kier molecular flexibility index (Phi) is 4.87. The van der Waals surface area contributed by atoms with Crippen LogP contribution >= 0.6 is 0 Å². The number of benzene rings is 1. The Balaban J connectivity index is 1.65. The molecule has 1 fully saturated rings. The number of nitrogens with zero attached hydrogens (tertiary/aromatic N) is 4. The van der Waals surface area contributed by atoms with E-state index in [4.69, 9.17) is 0 Å². The van der Waals surface area contributed by atoms with Gasteiger partial charge in [0.25, 0.3) is 0 Å². The van der Waals surface area contributed by atoms with Crippen molar-refractivity contribution < 1.29 is 13.2 Å². The summed E-state index contributed by atoms with van der Waals surface area (Å²) in [4.78, 5) is 17.5. The number of carbonyl (C=O) groups is 1. The molecule has 1 unspecified atom stereocenters. The summed E-state index contributed by atoms with van der Waals surface area (Å²) >= 11 is 0. The predicted octanol–water partition coefficient (Wildman–Crippen LogP) is 2.45. The quantitative estimate of drug-likeness (QED) is 0.709. The van der Waals surface area contributed by atoms with Crippen molar-refractivity contribution in [3.8, 4) is 0 Å². The summed E-state index contributed by atoms with van der Waals surface area (Å²) in [5, 5.41) is 6.97. The summed E-state index contributed by atoms with van der Waals surface area (Å²) in [5.74, 6) is 0.0911. The fourth-order valence-electron chi connectivity index (χ4n) is 4.12. The Labute approximate surface area is 169 Å². The molecule has 4 rings (SSSR count). The van der Waals surface area contributed by atoms with Crippen LogP contribution in [0.25, 0.3) is 5.65 Å². The Bertz CT molecular complexity index is 1180. The van der Waals surface area contributed by atoms with Gasteiger partial charge in [-0.1, -0.05) is 17.7 Å². The van der Waals surface area contributed by atoms with Crippen molar-refractivity contribution >= 4 is 27.4 Å². The van der Waals surface area contributed by atoms with Crippen LogP contribution in [-0.2, 0) is 14.8 Å². The minimum atomic E-state index is -3.80.